The van der Waals surface area contributed by atoms with Crippen LogP contribution in [0.25, 0.3) is 0 Å². The Hall–Kier alpha value is -2.69. The number of hydrogen-bond acceptors (Lipinski definition) is 2. The highest BCUT2D eigenvalue weighted by Crippen LogP contribution is 2.30. The van der Waals surface area contributed by atoms with Gasteiger partial charge in [-0.05, 0) is 62.4 Å². The molecule has 0 heterocycles. The largest absolute Gasteiger partial charge is 0.352 e. The van der Waals surface area contributed by atoms with Crippen LogP contribution in [0.3, 0.4) is 0 Å². The molecule has 1 aliphatic rings. The smallest absolute Gasteiger partial charge is 0.227 e. The van der Waals surface area contributed by atoms with E-state index in [4.69, 9.17) is 0 Å². The molecule has 2 amide bonds. The first-order valence-electron chi connectivity index (χ1n) is 9.41. The third kappa shape index (κ3) is 5.39. The number of anilines is 1. The average molecular weight is 368 g/mol. The summed E-state index contributed by atoms with van der Waals surface area (Å²) < 4.78 is 12.9. The topological polar surface area (TPSA) is 58.2 Å². The molecule has 27 heavy (non-hydrogen) atoms. The summed E-state index contributed by atoms with van der Waals surface area (Å²) in [4.78, 5) is 24.8. The quantitative estimate of drug-likeness (QED) is 0.831. The van der Waals surface area contributed by atoms with Crippen molar-refractivity contribution in [3.63, 3.8) is 0 Å². The lowest BCUT2D eigenvalue weighted by Gasteiger charge is -2.27. The van der Waals surface area contributed by atoms with Crippen LogP contribution in [0.5, 0.6) is 0 Å². The number of benzene rings is 2. The van der Waals surface area contributed by atoms with Crippen LogP contribution in [-0.2, 0) is 16.1 Å². The minimum absolute atomic E-state index is 0.0367. The molecule has 0 atom stereocenters. The Morgan fingerprint density at radius 3 is 2.04 bits per heavy atom. The molecule has 1 aliphatic carbocycles. The van der Waals surface area contributed by atoms with E-state index in [0.717, 1.165) is 5.56 Å². The molecule has 1 saturated carbocycles. The third-order valence-corrected chi connectivity index (χ3v) is 5.17. The first-order chi connectivity index (χ1) is 13.0. The summed E-state index contributed by atoms with van der Waals surface area (Å²) in [6.07, 6.45) is 2.80. The van der Waals surface area contributed by atoms with Crippen molar-refractivity contribution in [1.82, 2.24) is 5.32 Å². The van der Waals surface area contributed by atoms with E-state index in [0.29, 0.717) is 37.9 Å². The Kier molecular flexibility index (Phi) is 6.22. The molecule has 2 aromatic rings. The maximum atomic E-state index is 12.9. The highest BCUT2D eigenvalue weighted by atomic mass is 19.1. The molecule has 5 heteroatoms. The summed E-state index contributed by atoms with van der Waals surface area (Å²) >= 11 is 0. The monoisotopic (exact) mass is 368 g/mol. The first-order valence-corrected chi connectivity index (χ1v) is 9.41. The van der Waals surface area contributed by atoms with Crippen LogP contribution in [0.2, 0.25) is 0 Å². The summed E-state index contributed by atoms with van der Waals surface area (Å²) in [6, 6.07) is 13.9. The van der Waals surface area contributed by atoms with Gasteiger partial charge in [-0.15, -0.1) is 0 Å². The summed E-state index contributed by atoms with van der Waals surface area (Å²) in [5.41, 5.74) is 2.88. The number of halogens is 1. The fraction of sp³-hybridized carbons (Fsp3) is 0.364. The van der Waals surface area contributed by atoms with Crippen molar-refractivity contribution in [3.05, 3.63) is 65.5 Å². The number of hydrogen-bond donors (Lipinski definition) is 2. The van der Waals surface area contributed by atoms with E-state index in [9.17, 15) is 14.0 Å². The van der Waals surface area contributed by atoms with E-state index >= 15 is 0 Å². The van der Waals surface area contributed by atoms with E-state index in [1.807, 2.05) is 31.2 Å². The molecule has 1 fully saturated rings. The van der Waals surface area contributed by atoms with Gasteiger partial charge in [0.15, 0.2) is 0 Å². The van der Waals surface area contributed by atoms with Crippen LogP contribution in [-0.4, -0.2) is 11.8 Å². The minimum atomic E-state index is -0.329. The molecule has 4 nitrogen and oxygen atoms in total. The lowest BCUT2D eigenvalue weighted by atomic mass is 9.81. The van der Waals surface area contributed by atoms with Crippen molar-refractivity contribution >= 4 is 17.5 Å². The molecule has 0 unspecified atom stereocenters. The van der Waals surface area contributed by atoms with Gasteiger partial charge < -0.3 is 10.6 Å². The molecule has 0 aliphatic heterocycles. The molecule has 3 rings (SSSR count). The van der Waals surface area contributed by atoms with Crippen molar-refractivity contribution in [1.29, 1.82) is 0 Å². The number of rotatable bonds is 5. The van der Waals surface area contributed by atoms with Crippen LogP contribution >= 0.6 is 0 Å². The van der Waals surface area contributed by atoms with Crippen molar-refractivity contribution in [3.8, 4) is 0 Å². The first kappa shape index (κ1) is 19.1. The van der Waals surface area contributed by atoms with Crippen molar-refractivity contribution in [2.45, 2.75) is 39.2 Å². The number of carbonyl (C=O) groups excluding carboxylic acids is 2. The molecular formula is C22H25FN2O2. The maximum absolute atomic E-state index is 12.9. The second-order valence-electron chi connectivity index (χ2n) is 7.25. The Morgan fingerprint density at radius 2 is 1.44 bits per heavy atom. The zero-order valence-corrected chi connectivity index (χ0v) is 15.5. The van der Waals surface area contributed by atoms with E-state index in [2.05, 4.69) is 10.6 Å². The number of aryl methyl sites for hydroxylation is 1. The lowest BCUT2D eigenvalue weighted by molar-refractivity contribution is -0.128. The number of nitrogens with one attached hydrogen (secondary N) is 2. The van der Waals surface area contributed by atoms with Crippen LogP contribution < -0.4 is 10.6 Å². The van der Waals surface area contributed by atoms with Gasteiger partial charge in [-0.2, -0.15) is 0 Å². The molecule has 2 N–H and O–H groups in total. The standard InChI is InChI=1S/C22H25FN2O2/c1-15-2-4-16(5-3-15)14-24-21(26)17-6-8-18(9-7-17)22(27)25-20-12-10-19(23)11-13-20/h2-5,10-13,17-18H,6-9,14H2,1H3,(H,24,26)(H,25,27). The van der Waals surface area contributed by atoms with Gasteiger partial charge in [0.2, 0.25) is 11.8 Å². The summed E-state index contributed by atoms with van der Waals surface area (Å²) in [6.45, 7) is 2.57. The van der Waals surface area contributed by atoms with Crippen molar-refractivity contribution in [2.75, 3.05) is 5.32 Å². The Balaban J connectivity index is 1.43. The predicted molar refractivity (Wildman–Crippen MR) is 104 cm³/mol. The van der Waals surface area contributed by atoms with Crippen molar-refractivity contribution in [2.24, 2.45) is 11.8 Å². The van der Waals surface area contributed by atoms with Gasteiger partial charge in [0.05, 0.1) is 0 Å². The van der Waals surface area contributed by atoms with Gasteiger partial charge >= 0.3 is 0 Å². The van der Waals surface area contributed by atoms with Gasteiger partial charge in [0.1, 0.15) is 5.82 Å². The highest BCUT2D eigenvalue weighted by molar-refractivity contribution is 5.92. The fourth-order valence-corrected chi connectivity index (χ4v) is 3.43. The van der Waals surface area contributed by atoms with E-state index in [-0.39, 0.29) is 29.5 Å². The van der Waals surface area contributed by atoms with Crippen LogP contribution in [0, 0.1) is 24.6 Å². The lowest BCUT2D eigenvalue weighted by Crippen LogP contribution is -2.35. The normalized spacial score (nSPS) is 19.3. The number of amides is 2. The highest BCUT2D eigenvalue weighted by Gasteiger charge is 2.29. The summed E-state index contributed by atoms with van der Waals surface area (Å²) in [5, 5.41) is 5.83. The number of carbonyl (C=O) groups is 2. The van der Waals surface area contributed by atoms with Crippen LogP contribution in [0.15, 0.2) is 48.5 Å². The second kappa shape index (κ2) is 8.80. The zero-order chi connectivity index (χ0) is 19.2. The SMILES string of the molecule is Cc1ccc(CNC(=O)C2CCC(C(=O)Nc3ccc(F)cc3)CC2)cc1. The van der Waals surface area contributed by atoms with E-state index in [1.165, 1.54) is 17.7 Å². The molecule has 0 radical (unpaired) electrons. The second-order valence-corrected chi connectivity index (χ2v) is 7.25. The maximum Gasteiger partial charge on any atom is 0.227 e. The van der Waals surface area contributed by atoms with Gasteiger partial charge in [0, 0.05) is 24.1 Å². The molecule has 142 valence electrons. The van der Waals surface area contributed by atoms with Gasteiger partial charge in [-0.25, -0.2) is 4.39 Å². The van der Waals surface area contributed by atoms with E-state index in [1.54, 1.807) is 12.1 Å². The van der Waals surface area contributed by atoms with Gasteiger partial charge in [-0.3, -0.25) is 9.59 Å². The van der Waals surface area contributed by atoms with Crippen LogP contribution in [0.1, 0.15) is 36.8 Å². The Bertz CT molecular complexity index is 779. The predicted octanol–water partition coefficient (Wildman–Crippen LogP) is 4.20. The van der Waals surface area contributed by atoms with Gasteiger partial charge in [0.25, 0.3) is 0 Å². The molecular weight excluding hydrogens is 343 g/mol. The average Bonchev–Trinajstić information content (AvgIpc) is 2.69. The molecule has 0 spiro atoms. The molecule has 0 aromatic heterocycles. The Labute approximate surface area is 159 Å². The fourth-order valence-electron chi connectivity index (χ4n) is 3.43. The third-order valence-electron chi connectivity index (χ3n) is 5.17. The summed E-state index contributed by atoms with van der Waals surface area (Å²) in [5.74, 6) is -0.459. The Morgan fingerprint density at radius 1 is 0.889 bits per heavy atom. The molecule has 2 aromatic carbocycles. The van der Waals surface area contributed by atoms with Crippen LogP contribution in [0.4, 0.5) is 10.1 Å². The molecule has 0 bridgehead atoms. The molecule has 0 saturated heterocycles. The summed E-state index contributed by atoms with van der Waals surface area (Å²) in [7, 11) is 0. The zero-order valence-electron chi connectivity index (χ0n) is 15.5. The van der Waals surface area contributed by atoms with E-state index < -0.39 is 0 Å². The minimum Gasteiger partial charge on any atom is -0.352 e. The van der Waals surface area contributed by atoms with Gasteiger partial charge in [-0.1, -0.05) is 29.8 Å². The van der Waals surface area contributed by atoms with Crippen molar-refractivity contribution < 1.29 is 14.0 Å².